The fraction of sp³-hybridized carbons (Fsp3) is 0.545. The molecule has 0 aromatic carbocycles. The van der Waals surface area contributed by atoms with Crippen LogP contribution in [0.3, 0.4) is 0 Å². The van der Waals surface area contributed by atoms with E-state index in [4.69, 9.17) is 14.7 Å². The normalized spacial score (nSPS) is 22.5. The summed E-state index contributed by atoms with van der Waals surface area (Å²) in [6.07, 6.45) is 4.68. The van der Waals surface area contributed by atoms with Crippen LogP contribution >= 0.6 is 11.5 Å². The zero-order chi connectivity index (χ0) is 21.2. The molecule has 0 atom stereocenters. The molecule has 3 aromatic rings. The lowest BCUT2D eigenvalue weighted by atomic mass is 9.90. The van der Waals surface area contributed by atoms with Crippen LogP contribution < -0.4 is 10.6 Å². The molecule has 0 amide bonds. The molecule has 1 aliphatic heterocycles. The van der Waals surface area contributed by atoms with Crippen LogP contribution in [-0.2, 0) is 4.74 Å². The Morgan fingerprint density at radius 3 is 2.55 bits per heavy atom. The first-order chi connectivity index (χ1) is 15.1. The number of morpholine rings is 1. The van der Waals surface area contributed by atoms with E-state index < -0.39 is 0 Å². The second-order valence-corrected chi connectivity index (χ2v) is 9.28. The summed E-state index contributed by atoms with van der Waals surface area (Å²) in [6, 6.07) is 7.09. The summed E-state index contributed by atoms with van der Waals surface area (Å²) in [5.74, 6) is 1.39. The molecular formula is C22H29N7OS. The molecule has 1 aliphatic carbocycles. The number of fused-ring (bicyclic) bond motifs is 1. The van der Waals surface area contributed by atoms with Crippen molar-refractivity contribution in [2.24, 2.45) is 0 Å². The molecule has 9 heteroatoms. The molecule has 0 bridgehead atoms. The van der Waals surface area contributed by atoms with Gasteiger partial charge in [-0.3, -0.25) is 4.90 Å². The van der Waals surface area contributed by atoms with Gasteiger partial charge in [0.25, 0.3) is 0 Å². The summed E-state index contributed by atoms with van der Waals surface area (Å²) in [5.41, 5.74) is 3.63. The van der Waals surface area contributed by atoms with E-state index in [1.54, 1.807) is 0 Å². The van der Waals surface area contributed by atoms with Crippen molar-refractivity contribution < 1.29 is 4.74 Å². The molecule has 0 radical (unpaired) electrons. The molecule has 5 rings (SSSR count). The number of nitrogens with zero attached hydrogens (tertiary/aromatic N) is 5. The molecule has 1 saturated carbocycles. The van der Waals surface area contributed by atoms with Gasteiger partial charge in [0.1, 0.15) is 10.5 Å². The summed E-state index contributed by atoms with van der Waals surface area (Å²) in [6.45, 7) is 7.85. The highest BCUT2D eigenvalue weighted by atomic mass is 32.1. The van der Waals surface area contributed by atoms with Gasteiger partial charge >= 0.3 is 0 Å². The number of ether oxygens (including phenoxy) is 1. The van der Waals surface area contributed by atoms with Crippen molar-refractivity contribution in [3.63, 3.8) is 0 Å². The van der Waals surface area contributed by atoms with Crippen LogP contribution in [0.1, 0.15) is 37.1 Å². The third kappa shape index (κ3) is 4.78. The van der Waals surface area contributed by atoms with E-state index in [1.165, 1.54) is 24.4 Å². The number of aryl methyl sites for hydroxylation is 2. The van der Waals surface area contributed by atoms with Gasteiger partial charge in [0.05, 0.1) is 24.4 Å². The number of hydrogen-bond donors (Lipinski definition) is 2. The van der Waals surface area contributed by atoms with E-state index in [9.17, 15) is 0 Å². The predicted molar refractivity (Wildman–Crippen MR) is 124 cm³/mol. The maximum absolute atomic E-state index is 5.51. The fourth-order valence-corrected chi connectivity index (χ4v) is 5.18. The maximum Gasteiger partial charge on any atom is 0.230 e. The summed E-state index contributed by atoms with van der Waals surface area (Å²) in [5, 5.41) is 7.94. The van der Waals surface area contributed by atoms with Crippen LogP contribution in [-0.4, -0.2) is 62.6 Å². The van der Waals surface area contributed by atoms with E-state index in [2.05, 4.69) is 24.9 Å². The largest absolute Gasteiger partial charge is 0.379 e. The second kappa shape index (κ2) is 9.02. The third-order valence-corrected chi connectivity index (χ3v) is 6.94. The van der Waals surface area contributed by atoms with E-state index in [1.807, 2.05) is 32.0 Å². The summed E-state index contributed by atoms with van der Waals surface area (Å²) in [7, 11) is 0. The Morgan fingerprint density at radius 1 is 1.00 bits per heavy atom. The van der Waals surface area contributed by atoms with Gasteiger partial charge < -0.3 is 15.4 Å². The van der Waals surface area contributed by atoms with E-state index in [0.717, 1.165) is 72.4 Å². The number of aromatic nitrogens is 4. The monoisotopic (exact) mass is 439 g/mol. The Morgan fingerprint density at radius 2 is 1.81 bits per heavy atom. The van der Waals surface area contributed by atoms with Crippen molar-refractivity contribution in [3.05, 3.63) is 29.6 Å². The van der Waals surface area contributed by atoms with Crippen molar-refractivity contribution in [1.82, 2.24) is 24.2 Å². The van der Waals surface area contributed by atoms with Gasteiger partial charge in [-0.05, 0) is 69.3 Å². The standard InChI is InChI=1S/C22H29N7OS/c1-14-3-8-18-20(23-14)21(27-22(25-18)26-19-13-15(2)28-31-19)24-16-4-6-17(7-5-16)29-9-11-30-12-10-29/h3,8,13,16-17H,4-7,9-12H2,1-2H3,(H2,24,25,26,27). The van der Waals surface area contributed by atoms with Crippen LogP contribution in [0, 0.1) is 13.8 Å². The first-order valence-electron chi connectivity index (χ1n) is 11.1. The second-order valence-electron chi connectivity index (χ2n) is 8.47. The Labute approximate surface area is 186 Å². The highest BCUT2D eigenvalue weighted by Gasteiger charge is 2.27. The number of rotatable bonds is 5. The van der Waals surface area contributed by atoms with Gasteiger partial charge in [0.2, 0.25) is 5.95 Å². The lowest BCUT2D eigenvalue weighted by Crippen LogP contribution is -2.46. The third-order valence-electron chi connectivity index (χ3n) is 6.14. The highest BCUT2D eigenvalue weighted by Crippen LogP contribution is 2.29. The number of anilines is 3. The maximum atomic E-state index is 5.51. The summed E-state index contributed by atoms with van der Waals surface area (Å²) < 4.78 is 9.84. The van der Waals surface area contributed by atoms with Gasteiger partial charge in [0.15, 0.2) is 5.82 Å². The summed E-state index contributed by atoms with van der Waals surface area (Å²) >= 11 is 1.42. The smallest absolute Gasteiger partial charge is 0.230 e. The van der Waals surface area contributed by atoms with Crippen molar-refractivity contribution in [2.45, 2.75) is 51.6 Å². The van der Waals surface area contributed by atoms with E-state index >= 15 is 0 Å². The van der Waals surface area contributed by atoms with Crippen LogP contribution in [0.15, 0.2) is 18.2 Å². The highest BCUT2D eigenvalue weighted by molar-refractivity contribution is 7.10. The topological polar surface area (TPSA) is 88.1 Å². The molecule has 164 valence electrons. The van der Waals surface area contributed by atoms with Gasteiger partial charge in [-0.1, -0.05) is 0 Å². The van der Waals surface area contributed by atoms with Crippen molar-refractivity contribution in [3.8, 4) is 0 Å². The van der Waals surface area contributed by atoms with Gasteiger partial charge in [-0.2, -0.15) is 9.36 Å². The molecule has 2 N–H and O–H groups in total. The number of pyridine rings is 1. The van der Waals surface area contributed by atoms with E-state index in [-0.39, 0.29) is 0 Å². The van der Waals surface area contributed by atoms with Crippen molar-refractivity contribution in [2.75, 3.05) is 36.9 Å². The average Bonchev–Trinajstić information content (AvgIpc) is 3.20. The average molecular weight is 440 g/mol. The van der Waals surface area contributed by atoms with E-state index in [0.29, 0.717) is 18.0 Å². The molecule has 4 heterocycles. The van der Waals surface area contributed by atoms with Gasteiger partial charge in [-0.25, -0.2) is 9.97 Å². The molecule has 8 nitrogen and oxygen atoms in total. The molecular weight excluding hydrogens is 410 g/mol. The first-order valence-corrected chi connectivity index (χ1v) is 11.9. The predicted octanol–water partition coefficient (Wildman–Crippen LogP) is 3.90. The summed E-state index contributed by atoms with van der Waals surface area (Å²) in [4.78, 5) is 16.8. The van der Waals surface area contributed by atoms with Gasteiger partial charge in [-0.15, -0.1) is 0 Å². The van der Waals surface area contributed by atoms with Crippen LogP contribution in [0.2, 0.25) is 0 Å². The number of hydrogen-bond acceptors (Lipinski definition) is 9. The van der Waals surface area contributed by atoms with Crippen LogP contribution in [0.25, 0.3) is 11.0 Å². The minimum atomic E-state index is 0.399. The molecule has 0 spiro atoms. The molecule has 2 fully saturated rings. The lowest BCUT2D eigenvalue weighted by Gasteiger charge is -2.39. The zero-order valence-electron chi connectivity index (χ0n) is 18.1. The Balaban J connectivity index is 1.33. The molecule has 3 aromatic heterocycles. The minimum absolute atomic E-state index is 0.399. The molecule has 2 aliphatic rings. The first kappa shape index (κ1) is 20.5. The van der Waals surface area contributed by atoms with Crippen molar-refractivity contribution in [1.29, 1.82) is 0 Å². The quantitative estimate of drug-likeness (QED) is 0.619. The molecule has 0 unspecified atom stereocenters. The fourth-order valence-electron chi connectivity index (χ4n) is 4.52. The van der Waals surface area contributed by atoms with Crippen LogP contribution in [0.4, 0.5) is 16.8 Å². The number of nitrogens with one attached hydrogen (secondary N) is 2. The SMILES string of the molecule is Cc1cc(Nc2nc(NC3CCC(N4CCOCC4)CC3)c3nc(C)ccc3n2)sn1. The Hall–Kier alpha value is -2.36. The lowest BCUT2D eigenvalue weighted by molar-refractivity contribution is 0.00791. The van der Waals surface area contributed by atoms with Crippen molar-refractivity contribution >= 4 is 39.3 Å². The van der Waals surface area contributed by atoms with Crippen LogP contribution in [0.5, 0.6) is 0 Å². The molecule has 1 saturated heterocycles. The minimum Gasteiger partial charge on any atom is -0.379 e. The Bertz CT molecular complexity index is 1040. The van der Waals surface area contributed by atoms with Gasteiger partial charge in [0, 0.05) is 30.9 Å². The molecule has 31 heavy (non-hydrogen) atoms. The Kier molecular flexibility index (Phi) is 5.97. The zero-order valence-corrected chi connectivity index (χ0v) is 18.9.